The molecule has 3 rings (SSSR count). The number of nitrogens with one attached hydrogen (secondary N) is 2. The monoisotopic (exact) mass is 368 g/mol. The van der Waals surface area contributed by atoms with Crippen molar-refractivity contribution in [2.75, 3.05) is 44.2 Å². The third-order valence-corrected chi connectivity index (χ3v) is 4.53. The van der Waals surface area contributed by atoms with E-state index in [1.807, 2.05) is 4.90 Å². The second-order valence-corrected chi connectivity index (χ2v) is 6.45. The molecule has 2 aliphatic heterocycles. The number of nitrogens with zero attached hydrogens (tertiary/aromatic N) is 4. The second-order valence-electron chi connectivity index (χ2n) is 6.45. The van der Waals surface area contributed by atoms with Crippen molar-refractivity contribution in [3.8, 4) is 0 Å². The summed E-state index contributed by atoms with van der Waals surface area (Å²) >= 11 is 0. The van der Waals surface area contributed by atoms with Gasteiger partial charge in [-0.3, -0.25) is 14.9 Å². The molecular formula is C16H22F2N6O2. The fourth-order valence-electron chi connectivity index (χ4n) is 3.09. The summed E-state index contributed by atoms with van der Waals surface area (Å²) in [6.07, 6.45) is 3.00. The van der Waals surface area contributed by atoms with Crippen LogP contribution in [-0.4, -0.2) is 77.9 Å². The van der Waals surface area contributed by atoms with Gasteiger partial charge in [-0.1, -0.05) is 0 Å². The Kier molecular flexibility index (Phi) is 5.60. The van der Waals surface area contributed by atoms with Crippen LogP contribution in [-0.2, 0) is 9.59 Å². The van der Waals surface area contributed by atoms with Crippen LogP contribution in [0.25, 0.3) is 0 Å². The number of amides is 2. The van der Waals surface area contributed by atoms with E-state index >= 15 is 0 Å². The number of halogens is 2. The minimum absolute atomic E-state index is 0.0661. The Bertz CT molecular complexity index is 637. The smallest absolute Gasteiger partial charge is 0.262 e. The highest BCUT2D eigenvalue weighted by molar-refractivity contribution is 5.83. The lowest BCUT2D eigenvalue weighted by atomic mass is 10.2. The zero-order valence-electron chi connectivity index (χ0n) is 14.3. The maximum absolute atomic E-state index is 13.1. The standard InChI is InChI=1S/C16H22F2N6O2/c17-16(18)10-12(22-11-16)14(26)19-5-2-13(25)23-6-8-24(9-7-23)15-20-3-1-4-21-15/h1,3-4,12,22H,2,5-11H2,(H,19,26). The molecule has 10 heteroatoms. The maximum atomic E-state index is 13.1. The van der Waals surface area contributed by atoms with Gasteiger partial charge in [0.2, 0.25) is 17.8 Å². The number of piperazine rings is 1. The van der Waals surface area contributed by atoms with Crippen molar-refractivity contribution in [1.29, 1.82) is 0 Å². The van der Waals surface area contributed by atoms with E-state index in [4.69, 9.17) is 0 Å². The minimum atomic E-state index is -2.85. The van der Waals surface area contributed by atoms with Gasteiger partial charge in [0.25, 0.3) is 5.92 Å². The zero-order chi connectivity index (χ0) is 18.6. The summed E-state index contributed by atoms with van der Waals surface area (Å²) in [5.41, 5.74) is 0. The van der Waals surface area contributed by atoms with Crippen molar-refractivity contribution < 1.29 is 18.4 Å². The first-order chi connectivity index (χ1) is 12.4. The Morgan fingerprint density at radius 1 is 1.23 bits per heavy atom. The third kappa shape index (κ3) is 4.63. The summed E-state index contributed by atoms with van der Waals surface area (Å²) in [5, 5.41) is 5.05. The molecule has 2 amide bonds. The molecule has 3 heterocycles. The van der Waals surface area contributed by atoms with Crippen LogP contribution in [0.15, 0.2) is 18.5 Å². The lowest BCUT2D eigenvalue weighted by molar-refractivity contribution is -0.131. The van der Waals surface area contributed by atoms with E-state index in [1.165, 1.54) is 0 Å². The molecule has 2 N–H and O–H groups in total. The Labute approximate surface area is 150 Å². The van der Waals surface area contributed by atoms with Gasteiger partial charge in [-0.25, -0.2) is 18.7 Å². The SMILES string of the molecule is O=C(NCCC(=O)N1CCN(c2ncccn2)CC1)C1CC(F)(F)CN1. The quantitative estimate of drug-likeness (QED) is 0.737. The third-order valence-electron chi connectivity index (χ3n) is 4.53. The first kappa shape index (κ1) is 18.4. The predicted molar refractivity (Wildman–Crippen MR) is 89.8 cm³/mol. The van der Waals surface area contributed by atoms with Gasteiger partial charge in [0, 0.05) is 58.0 Å². The first-order valence-electron chi connectivity index (χ1n) is 8.63. The van der Waals surface area contributed by atoms with Gasteiger partial charge in [-0.2, -0.15) is 0 Å². The largest absolute Gasteiger partial charge is 0.354 e. The van der Waals surface area contributed by atoms with E-state index in [9.17, 15) is 18.4 Å². The molecule has 0 saturated carbocycles. The van der Waals surface area contributed by atoms with Gasteiger partial charge >= 0.3 is 0 Å². The Hall–Kier alpha value is -2.36. The molecule has 26 heavy (non-hydrogen) atoms. The molecule has 2 saturated heterocycles. The zero-order valence-corrected chi connectivity index (χ0v) is 14.3. The summed E-state index contributed by atoms with van der Waals surface area (Å²) in [6.45, 7) is 2.05. The molecule has 2 aliphatic rings. The molecule has 0 radical (unpaired) electrons. The highest BCUT2D eigenvalue weighted by atomic mass is 19.3. The molecule has 0 aliphatic carbocycles. The summed E-state index contributed by atoms with van der Waals surface area (Å²) in [7, 11) is 0. The number of aromatic nitrogens is 2. The number of carbonyl (C=O) groups excluding carboxylic acids is 2. The van der Waals surface area contributed by atoms with Gasteiger partial charge in [-0.05, 0) is 6.07 Å². The summed E-state index contributed by atoms with van der Waals surface area (Å²) in [4.78, 5) is 36.2. The lowest BCUT2D eigenvalue weighted by Crippen LogP contribution is -2.50. The minimum Gasteiger partial charge on any atom is -0.354 e. The average molecular weight is 368 g/mol. The van der Waals surface area contributed by atoms with E-state index in [1.54, 1.807) is 23.4 Å². The first-order valence-corrected chi connectivity index (χ1v) is 8.63. The number of anilines is 1. The molecule has 1 atom stereocenters. The number of hydrogen-bond acceptors (Lipinski definition) is 6. The van der Waals surface area contributed by atoms with Crippen LogP contribution < -0.4 is 15.5 Å². The fraction of sp³-hybridized carbons (Fsp3) is 0.625. The van der Waals surface area contributed by atoms with Crippen LogP contribution in [0.2, 0.25) is 0 Å². The number of carbonyl (C=O) groups is 2. The van der Waals surface area contributed by atoms with Gasteiger partial charge in [-0.15, -0.1) is 0 Å². The molecule has 1 aromatic rings. The number of hydrogen-bond donors (Lipinski definition) is 2. The van der Waals surface area contributed by atoms with Crippen LogP contribution in [0.1, 0.15) is 12.8 Å². The second kappa shape index (κ2) is 7.90. The lowest BCUT2D eigenvalue weighted by Gasteiger charge is -2.34. The van der Waals surface area contributed by atoms with E-state index in [0.29, 0.717) is 32.1 Å². The van der Waals surface area contributed by atoms with Gasteiger partial charge in [0.15, 0.2) is 0 Å². The molecule has 142 valence electrons. The molecule has 0 aromatic carbocycles. The fourth-order valence-corrected chi connectivity index (χ4v) is 3.09. The molecule has 0 spiro atoms. The Balaban J connectivity index is 1.36. The van der Waals surface area contributed by atoms with Gasteiger partial charge in [0.05, 0.1) is 12.6 Å². The van der Waals surface area contributed by atoms with Crippen LogP contribution in [0, 0.1) is 0 Å². The van der Waals surface area contributed by atoms with Crippen LogP contribution in [0.4, 0.5) is 14.7 Å². The Morgan fingerprint density at radius 3 is 2.54 bits per heavy atom. The van der Waals surface area contributed by atoms with Crippen molar-refractivity contribution in [3.63, 3.8) is 0 Å². The van der Waals surface area contributed by atoms with Gasteiger partial charge < -0.3 is 15.1 Å². The number of rotatable bonds is 5. The number of alkyl halides is 2. The van der Waals surface area contributed by atoms with E-state index < -0.39 is 30.8 Å². The van der Waals surface area contributed by atoms with E-state index in [0.717, 1.165) is 0 Å². The topological polar surface area (TPSA) is 90.5 Å². The van der Waals surface area contributed by atoms with Crippen molar-refractivity contribution in [3.05, 3.63) is 18.5 Å². The van der Waals surface area contributed by atoms with Gasteiger partial charge in [0.1, 0.15) is 0 Å². The van der Waals surface area contributed by atoms with Crippen LogP contribution in [0.5, 0.6) is 0 Å². The highest BCUT2D eigenvalue weighted by Gasteiger charge is 2.42. The summed E-state index contributed by atoms with van der Waals surface area (Å²) < 4.78 is 26.2. The molecule has 0 bridgehead atoms. The van der Waals surface area contributed by atoms with E-state index in [-0.39, 0.29) is 18.9 Å². The molecule has 8 nitrogen and oxygen atoms in total. The molecule has 1 aromatic heterocycles. The molecular weight excluding hydrogens is 346 g/mol. The molecule has 1 unspecified atom stereocenters. The molecule has 2 fully saturated rings. The van der Waals surface area contributed by atoms with Crippen LogP contribution in [0.3, 0.4) is 0 Å². The maximum Gasteiger partial charge on any atom is 0.262 e. The van der Waals surface area contributed by atoms with Crippen molar-refractivity contribution in [1.82, 2.24) is 25.5 Å². The van der Waals surface area contributed by atoms with Crippen LogP contribution >= 0.6 is 0 Å². The van der Waals surface area contributed by atoms with Crippen molar-refractivity contribution >= 4 is 17.8 Å². The summed E-state index contributed by atoms with van der Waals surface area (Å²) in [5.74, 6) is -2.75. The van der Waals surface area contributed by atoms with E-state index in [2.05, 4.69) is 20.6 Å². The predicted octanol–water partition coefficient (Wildman–Crippen LogP) is -0.371. The van der Waals surface area contributed by atoms with Crippen molar-refractivity contribution in [2.24, 2.45) is 0 Å². The van der Waals surface area contributed by atoms with Crippen molar-refractivity contribution in [2.45, 2.75) is 24.8 Å². The highest BCUT2D eigenvalue weighted by Crippen LogP contribution is 2.24. The average Bonchev–Trinajstić information content (AvgIpc) is 3.02. The summed E-state index contributed by atoms with van der Waals surface area (Å²) in [6, 6.07) is 0.856. The normalized spacial score (nSPS) is 22.3. The Morgan fingerprint density at radius 2 is 1.92 bits per heavy atom.